The third kappa shape index (κ3) is 3.84. The molecule has 10 heteroatoms. The van der Waals surface area contributed by atoms with Crippen LogP contribution in [0.3, 0.4) is 0 Å². The van der Waals surface area contributed by atoms with E-state index >= 15 is 0 Å². The number of carbonyl (C=O) groups is 1. The molecule has 2 aromatic carbocycles. The molecule has 0 saturated heterocycles. The fraction of sp³-hybridized carbons (Fsp3) is 0.263. The zero-order chi connectivity index (χ0) is 21.6. The summed E-state index contributed by atoms with van der Waals surface area (Å²) in [5.41, 5.74) is 0.110. The number of alkyl halides is 3. The molecule has 0 saturated carbocycles. The number of carbonyl (C=O) groups excluding carboxylic acids is 1. The number of aromatic nitrogens is 2. The standard InChI is InChI=1S/C19H18F3N3O3S/c1-11-5-4-6-13(9-11)29(27,28)18(2,3)16(26)25-17-23-14-8-7-12(19(20,21)22)10-15(14)24-17/h4-10H,1-3H3,(H2,23,24,25,26). The number of imidazole rings is 1. The Kier molecular flexibility index (Phi) is 4.94. The van der Waals surface area contributed by atoms with Gasteiger partial charge in [-0.05, 0) is 56.7 Å². The van der Waals surface area contributed by atoms with Gasteiger partial charge in [0, 0.05) is 0 Å². The van der Waals surface area contributed by atoms with Gasteiger partial charge in [0.15, 0.2) is 9.84 Å². The number of sulfone groups is 1. The minimum absolute atomic E-state index is 0.00271. The molecule has 3 aromatic rings. The Morgan fingerprint density at radius 3 is 2.41 bits per heavy atom. The predicted molar refractivity (Wildman–Crippen MR) is 102 cm³/mol. The summed E-state index contributed by atoms with van der Waals surface area (Å²) in [5, 5.41) is 2.35. The van der Waals surface area contributed by atoms with Crippen molar-refractivity contribution in [2.45, 2.75) is 36.6 Å². The highest BCUT2D eigenvalue weighted by Gasteiger charge is 2.43. The fourth-order valence-electron chi connectivity index (χ4n) is 2.70. The summed E-state index contributed by atoms with van der Waals surface area (Å²) in [6.45, 7) is 4.24. The Hall–Kier alpha value is -2.88. The number of fused-ring (bicyclic) bond motifs is 1. The second-order valence-corrected chi connectivity index (χ2v) is 9.60. The first-order valence-corrected chi connectivity index (χ1v) is 10.0. The second-order valence-electron chi connectivity index (χ2n) is 7.10. The number of aryl methyl sites for hydroxylation is 1. The monoisotopic (exact) mass is 425 g/mol. The van der Waals surface area contributed by atoms with Crippen molar-refractivity contribution in [2.75, 3.05) is 5.32 Å². The molecule has 2 N–H and O–H groups in total. The SMILES string of the molecule is Cc1cccc(S(=O)(=O)C(C)(C)C(=O)Nc2nc3cc(C(F)(F)F)ccc3[nH]2)c1. The minimum Gasteiger partial charge on any atom is -0.324 e. The maximum Gasteiger partial charge on any atom is 0.416 e. The van der Waals surface area contributed by atoms with Crippen LogP contribution in [0, 0.1) is 6.92 Å². The highest BCUT2D eigenvalue weighted by Crippen LogP contribution is 2.32. The zero-order valence-electron chi connectivity index (χ0n) is 15.8. The van der Waals surface area contributed by atoms with Crippen molar-refractivity contribution in [1.82, 2.24) is 9.97 Å². The van der Waals surface area contributed by atoms with E-state index in [4.69, 9.17) is 0 Å². The molecule has 0 aliphatic rings. The first-order chi connectivity index (χ1) is 13.3. The summed E-state index contributed by atoms with van der Waals surface area (Å²) in [4.78, 5) is 19.3. The number of rotatable bonds is 4. The van der Waals surface area contributed by atoms with Crippen molar-refractivity contribution in [3.8, 4) is 0 Å². The Labute approximate surface area is 165 Å². The molecular formula is C19H18F3N3O3S. The molecule has 0 aliphatic carbocycles. The number of nitrogens with zero attached hydrogens (tertiary/aromatic N) is 1. The van der Waals surface area contributed by atoms with Gasteiger partial charge < -0.3 is 4.98 Å². The predicted octanol–water partition coefficient (Wildman–Crippen LogP) is 4.08. The van der Waals surface area contributed by atoms with Crippen LogP contribution in [-0.4, -0.2) is 29.0 Å². The number of aromatic amines is 1. The molecule has 1 aromatic heterocycles. The molecule has 1 heterocycles. The molecule has 0 bridgehead atoms. The van der Waals surface area contributed by atoms with Gasteiger partial charge in [0.05, 0.1) is 21.5 Å². The van der Waals surface area contributed by atoms with Crippen molar-refractivity contribution in [1.29, 1.82) is 0 Å². The normalized spacial score (nSPS) is 12.9. The molecule has 154 valence electrons. The van der Waals surface area contributed by atoms with Crippen LogP contribution < -0.4 is 5.32 Å². The number of benzene rings is 2. The largest absolute Gasteiger partial charge is 0.416 e. The first-order valence-electron chi connectivity index (χ1n) is 8.52. The summed E-state index contributed by atoms with van der Waals surface area (Å²) >= 11 is 0. The van der Waals surface area contributed by atoms with E-state index in [-0.39, 0.29) is 21.9 Å². The summed E-state index contributed by atoms with van der Waals surface area (Å²) in [5.74, 6) is -1.01. The average molecular weight is 425 g/mol. The van der Waals surface area contributed by atoms with Crippen LogP contribution in [0.15, 0.2) is 47.4 Å². The zero-order valence-corrected chi connectivity index (χ0v) is 16.6. The highest BCUT2D eigenvalue weighted by molar-refractivity contribution is 7.93. The number of H-pyrrole nitrogens is 1. The van der Waals surface area contributed by atoms with Gasteiger partial charge >= 0.3 is 6.18 Å². The van der Waals surface area contributed by atoms with E-state index in [2.05, 4.69) is 15.3 Å². The Morgan fingerprint density at radius 2 is 1.79 bits per heavy atom. The van der Waals surface area contributed by atoms with Crippen LogP contribution in [0.1, 0.15) is 25.0 Å². The number of anilines is 1. The van der Waals surface area contributed by atoms with Gasteiger partial charge in [-0.2, -0.15) is 13.2 Å². The Bertz CT molecular complexity index is 1200. The number of amides is 1. The number of hydrogen-bond donors (Lipinski definition) is 2. The Balaban J connectivity index is 1.90. The number of halogens is 3. The van der Waals surface area contributed by atoms with Crippen LogP contribution in [0.2, 0.25) is 0 Å². The first kappa shape index (κ1) is 20.8. The van der Waals surface area contributed by atoms with Crippen molar-refractivity contribution in [3.63, 3.8) is 0 Å². The molecule has 0 aliphatic heterocycles. The van der Waals surface area contributed by atoms with Gasteiger partial charge in [0.2, 0.25) is 11.9 Å². The van der Waals surface area contributed by atoms with Gasteiger partial charge in [0.25, 0.3) is 0 Å². The lowest BCUT2D eigenvalue weighted by atomic mass is 10.2. The topological polar surface area (TPSA) is 91.9 Å². The molecule has 0 atom stereocenters. The second kappa shape index (κ2) is 6.87. The van der Waals surface area contributed by atoms with E-state index in [9.17, 15) is 26.4 Å². The van der Waals surface area contributed by atoms with E-state index in [1.807, 2.05) is 0 Å². The van der Waals surface area contributed by atoms with Gasteiger partial charge in [-0.15, -0.1) is 0 Å². The van der Waals surface area contributed by atoms with E-state index in [1.165, 1.54) is 32.0 Å². The molecule has 6 nitrogen and oxygen atoms in total. The van der Waals surface area contributed by atoms with Gasteiger partial charge in [-0.3, -0.25) is 10.1 Å². The molecule has 3 rings (SSSR count). The van der Waals surface area contributed by atoms with Gasteiger partial charge in [-0.25, -0.2) is 13.4 Å². The van der Waals surface area contributed by atoms with Crippen LogP contribution in [0.25, 0.3) is 11.0 Å². The van der Waals surface area contributed by atoms with Crippen LogP contribution in [0.5, 0.6) is 0 Å². The van der Waals surface area contributed by atoms with E-state index in [1.54, 1.807) is 19.1 Å². The highest BCUT2D eigenvalue weighted by atomic mass is 32.2. The fourth-order valence-corrected chi connectivity index (χ4v) is 4.18. The van der Waals surface area contributed by atoms with Crippen LogP contribution in [-0.2, 0) is 20.8 Å². The van der Waals surface area contributed by atoms with Gasteiger partial charge in [-0.1, -0.05) is 12.1 Å². The lowest BCUT2D eigenvalue weighted by Gasteiger charge is -2.23. The molecule has 0 fully saturated rings. The molecule has 0 spiro atoms. The van der Waals surface area contributed by atoms with Crippen LogP contribution >= 0.6 is 0 Å². The van der Waals surface area contributed by atoms with E-state index in [0.29, 0.717) is 0 Å². The summed E-state index contributed by atoms with van der Waals surface area (Å²) in [6.07, 6.45) is -4.53. The molecular weight excluding hydrogens is 407 g/mol. The third-order valence-electron chi connectivity index (χ3n) is 4.56. The van der Waals surface area contributed by atoms with Crippen molar-refractivity contribution in [3.05, 3.63) is 53.6 Å². The van der Waals surface area contributed by atoms with E-state index in [0.717, 1.165) is 17.7 Å². The lowest BCUT2D eigenvalue weighted by molar-refractivity contribution is -0.137. The van der Waals surface area contributed by atoms with Crippen molar-refractivity contribution >= 4 is 32.7 Å². The van der Waals surface area contributed by atoms with Crippen molar-refractivity contribution in [2.24, 2.45) is 0 Å². The molecule has 1 amide bonds. The summed E-state index contributed by atoms with van der Waals surface area (Å²) < 4.78 is 62.6. The maximum absolute atomic E-state index is 12.9. The maximum atomic E-state index is 12.9. The van der Waals surface area contributed by atoms with Crippen molar-refractivity contribution < 1.29 is 26.4 Å². The molecule has 0 radical (unpaired) electrons. The smallest absolute Gasteiger partial charge is 0.324 e. The average Bonchev–Trinajstić information content (AvgIpc) is 3.02. The van der Waals surface area contributed by atoms with Crippen LogP contribution in [0.4, 0.5) is 19.1 Å². The number of hydrogen-bond acceptors (Lipinski definition) is 4. The lowest BCUT2D eigenvalue weighted by Crippen LogP contribution is -2.44. The summed E-state index contributed by atoms with van der Waals surface area (Å²) in [6, 6.07) is 9.09. The third-order valence-corrected chi connectivity index (χ3v) is 6.96. The number of nitrogens with one attached hydrogen (secondary N) is 2. The molecule has 0 unspecified atom stereocenters. The molecule has 29 heavy (non-hydrogen) atoms. The van der Waals surface area contributed by atoms with E-state index < -0.39 is 32.2 Å². The summed E-state index contributed by atoms with van der Waals surface area (Å²) in [7, 11) is -4.04. The minimum atomic E-state index is -4.53. The van der Waals surface area contributed by atoms with Gasteiger partial charge in [0.1, 0.15) is 4.75 Å². The Morgan fingerprint density at radius 1 is 1.10 bits per heavy atom. The quantitative estimate of drug-likeness (QED) is 0.659.